The van der Waals surface area contributed by atoms with Crippen LogP contribution in [-0.2, 0) is 4.74 Å². The molecular formula is C22H24ClN3O3S. The summed E-state index contributed by atoms with van der Waals surface area (Å²) in [4.78, 5) is 19.5. The summed E-state index contributed by atoms with van der Waals surface area (Å²) in [5.74, 6) is 0.299. The minimum absolute atomic E-state index is 0.0765. The zero-order valence-electron chi connectivity index (χ0n) is 16.6. The van der Waals surface area contributed by atoms with Gasteiger partial charge >= 0.3 is 0 Å². The highest BCUT2D eigenvalue weighted by Gasteiger charge is 2.26. The third-order valence-electron chi connectivity index (χ3n) is 5.33. The molecule has 1 aromatic heterocycles. The summed E-state index contributed by atoms with van der Waals surface area (Å²) < 4.78 is 10.7. The number of thiocarbonyl (C=S) groups is 1. The van der Waals surface area contributed by atoms with Crippen molar-refractivity contribution in [3.8, 4) is 0 Å². The molecule has 2 aromatic rings. The van der Waals surface area contributed by atoms with Crippen molar-refractivity contribution in [3.63, 3.8) is 0 Å². The van der Waals surface area contributed by atoms with Crippen LogP contribution in [0.3, 0.4) is 0 Å². The molecule has 0 radical (unpaired) electrons. The van der Waals surface area contributed by atoms with Crippen molar-refractivity contribution in [3.05, 3.63) is 65.2 Å². The predicted molar refractivity (Wildman–Crippen MR) is 121 cm³/mol. The lowest BCUT2D eigenvalue weighted by Gasteiger charge is -2.37. The second-order valence-electron chi connectivity index (χ2n) is 7.26. The van der Waals surface area contributed by atoms with Crippen molar-refractivity contribution in [2.75, 3.05) is 52.5 Å². The van der Waals surface area contributed by atoms with Gasteiger partial charge in [-0.05, 0) is 29.8 Å². The number of hydrogen-bond donors (Lipinski definition) is 0. The second-order valence-corrected chi connectivity index (χ2v) is 8.08. The van der Waals surface area contributed by atoms with Crippen LogP contribution in [0.5, 0.6) is 0 Å². The minimum atomic E-state index is -0.0765. The maximum absolute atomic E-state index is 12.5. The van der Waals surface area contributed by atoms with E-state index in [-0.39, 0.29) is 5.91 Å². The van der Waals surface area contributed by atoms with Crippen molar-refractivity contribution >= 4 is 40.3 Å². The van der Waals surface area contributed by atoms with Crippen LogP contribution < -0.4 is 0 Å². The Bertz CT molecular complexity index is 900. The molecule has 3 heterocycles. The van der Waals surface area contributed by atoms with Gasteiger partial charge < -0.3 is 23.9 Å². The van der Waals surface area contributed by atoms with Crippen LogP contribution in [0.25, 0.3) is 5.57 Å². The van der Waals surface area contributed by atoms with Gasteiger partial charge in [0.1, 0.15) is 4.99 Å². The number of rotatable bonds is 4. The Morgan fingerprint density at radius 1 is 0.967 bits per heavy atom. The molecule has 1 amide bonds. The summed E-state index contributed by atoms with van der Waals surface area (Å²) in [7, 11) is 0. The van der Waals surface area contributed by atoms with Gasteiger partial charge in [-0.2, -0.15) is 0 Å². The van der Waals surface area contributed by atoms with Crippen molar-refractivity contribution in [1.82, 2.24) is 14.7 Å². The van der Waals surface area contributed by atoms with E-state index >= 15 is 0 Å². The molecule has 30 heavy (non-hydrogen) atoms. The van der Waals surface area contributed by atoms with Crippen LogP contribution in [-0.4, -0.2) is 78.1 Å². The first-order valence-electron chi connectivity index (χ1n) is 10.0. The molecule has 8 heteroatoms. The predicted octanol–water partition coefficient (Wildman–Crippen LogP) is 3.39. The molecule has 0 N–H and O–H groups in total. The van der Waals surface area contributed by atoms with Gasteiger partial charge in [0.25, 0.3) is 5.91 Å². The summed E-state index contributed by atoms with van der Waals surface area (Å²) >= 11 is 12.0. The number of piperazine rings is 1. The molecule has 2 aliphatic rings. The van der Waals surface area contributed by atoms with E-state index in [9.17, 15) is 4.79 Å². The fourth-order valence-corrected chi connectivity index (χ4v) is 4.09. The molecular weight excluding hydrogens is 422 g/mol. The molecule has 1 aromatic carbocycles. The summed E-state index contributed by atoms with van der Waals surface area (Å²) in [6, 6.07) is 11.2. The van der Waals surface area contributed by atoms with Gasteiger partial charge in [-0.3, -0.25) is 4.79 Å². The lowest BCUT2D eigenvalue weighted by molar-refractivity contribution is 0.0596. The Balaban J connectivity index is 1.48. The summed E-state index contributed by atoms with van der Waals surface area (Å²) in [5, 5.41) is 0.695. The first kappa shape index (κ1) is 20.9. The average molecular weight is 446 g/mol. The highest BCUT2D eigenvalue weighted by Crippen LogP contribution is 2.23. The molecule has 0 unspecified atom stereocenters. The number of morpholine rings is 1. The largest absolute Gasteiger partial charge is 0.459 e. The molecule has 158 valence electrons. The Morgan fingerprint density at radius 2 is 1.63 bits per heavy atom. The first-order valence-corrected chi connectivity index (χ1v) is 10.8. The fourth-order valence-electron chi connectivity index (χ4n) is 3.61. The van der Waals surface area contributed by atoms with Gasteiger partial charge in [0, 0.05) is 56.1 Å². The van der Waals surface area contributed by atoms with Crippen LogP contribution in [0, 0.1) is 0 Å². The number of nitrogens with zero attached hydrogens (tertiary/aromatic N) is 3. The molecule has 4 rings (SSSR count). The van der Waals surface area contributed by atoms with Crippen molar-refractivity contribution in [2.45, 2.75) is 0 Å². The Hall–Kier alpha value is -2.35. The number of amides is 1. The lowest BCUT2D eigenvalue weighted by atomic mass is 10.1. The van der Waals surface area contributed by atoms with Gasteiger partial charge in [0.05, 0.1) is 19.5 Å². The number of halogens is 1. The molecule has 0 spiro atoms. The van der Waals surface area contributed by atoms with Crippen LogP contribution in [0.4, 0.5) is 0 Å². The number of ether oxygens (including phenoxy) is 1. The Morgan fingerprint density at radius 3 is 2.27 bits per heavy atom. The maximum Gasteiger partial charge on any atom is 0.289 e. The quantitative estimate of drug-likeness (QED) is 0.531. The van der Waals surface area contributed by atoms with Gasteiger partial charge in [-0.25, -0.2) is 0 Å². The molecule has 2 fully saturated rings. The lowest BCUT2D eigenvalue weighted by Crippen LogP contribution is -2.50. The normalized spacial score (nSPS) is 17.9. The number of carbonyl (C=O) groups is 1. The van der Waals surface area contributed by atoms with Gasteiger partial charge in [-0.15, -0.1) is 0 Å². The highest BCUT2D eigenvalue weighted by molar-refractivity contribution is 7.81. The molecule has 0 aliphatic carbocycles. The smallest absolute Gasteiger partial charge is 0.289 e. The monoisotopic (exact) mass is 445 g/mol. The van der Waals surface area contributed by atoms with Crippen LogP contribution in [0.2, 0.25) is 5.02 Å². The standard InChI is InChI=1S/C22H24ClN3O3S/c23-18-5-3-17(4-6-18)19(16-24-11-14-28-15-12-24)22(30)26-9-7-25(8-10-26)21(27)20-2-1-13-29-20/h1-6,13,16H,7-12,14-15H2/b19-16+. The van der Waals surface area contributed by atoms with Gasteiger partial charge in [-0.1, -0.05) is 36.0 Å². The summed E-state index contributed by atoms with van der Waals surface area (Å²) in [6.07, 6.45) is 3.65. The van der Waals surface area contributed by atoms with E-state index in [0.29, 0.717) is 50.2 Å². The van der Waals surface area contributed by atoms with E-state index in [0.717, 1.165) is 29.2 Å². The number of benzene rings is 1. The molecule has 0 atom stereocenters. The molecule has 2 saturated heterocycles. The van der Waals surface area contributed by atoms with E-state index in [2.05, 4.69) is 16.0 Å². The molecule has 6 nitrogen and oxygen atoms in total. The first-order chi connectivity index (χ1) is 14.6. The van der Waals surface area contributed by atoms with E-state index in [1.54, 1.807) is 12.1 Å². The number of furan rings is 1. The zero-order valence-corrected chi connectivity index (χ0v) is 18.2. The van der Waals surface area contributed by atoms with E-state index in [4.69, 9.17) is 33.0 Å². The maximum atomic E-state index is 12.5. The Labute approximate surface area is 186 Å². The summed E-state index contributed by atoms with van der Waals surface area (Å²) in [6.45, 7) is 5.67. The van der Waals surface area contributed by atoms with Crippen molar-refractivity contribution < 1.29 is 13.9 Å². The van der Waals surface area contributed by atoms with Crippen LogP contribution in [0.1, 0.15) is 16.1 Å². The van der Waals surface area contributed by atoms with E-state index < -0.39 is 0 Å². The number of hydrogen-bond acceptors (Lipinski definition) is 5. The third-order valence-corrected chi connectivity index (χ3v) is 6.06. The molecule has 0 bridgehead atoms. The summed E-state index contributed by atoms with van der Waals surface area (Å²) in [5.41, 5.74) is 2.03. The zero-order chi connectivity index (χ0) is 20.9. The highest BCUT2D eigenvalue weighted by atomic mass is 35.5. The third kappa shape index (κ3) is 4.86. The topological polar surface area (TPSA) is 49.2 Å². The number of carbonyl (C=O) groups excluding carboxylic acids is 1. The van der Waals surface area contributed by atoms with Crippen LogP contribution in [0.15, 0.2) is 53.3 Å². The van der Waals surface area contributed by atoms with Gasteiger partial charge in [0.2, 0.25) is 0 Å². The van der Waals surface area contributed by atoms with Crippen molar-refractivity contribution in [1.29, 1.82) is 0 Å². The minimum Gasteiger partial charge on any atom is -0.459 e. The van der Waals surface area contributed by atoms with E-state index in [1.165, 1.54) is 6.26 Å². The average Bonchev–Trinajstić information content (AvgIpc) is 3.33. The molecule has 2 aliphatic heterocycles. The SMILES string of the molecule is O=C(c1ccco1)N1CCN(C(=S)/C(=C/N2CCOCC2)c2ccc(Cl)cc2)CC1. The van der Waals surface area contributed by atoms with E-state index in [1.807, 2.05) is 29.2 Å². The Kier molecular flexibility index (Phi) is 6.72. The second kappa shape index (κ2) is 9.64. The van der Waals surface area contributed by atoms with Gasteiger partial charge in [0.15, 0.2) is 5.76 Å². The molecule has 0 saturated carbocycles. The fraction of sp³-hybridized carbons (Fsp3) is 0.364. The van der Waals surface area contributed by atoms with Crippen molar-refractivity contribution in [2.24, 2.45) is 0 Å². The van der Waals surface area contributed by atoms with Crippen LogP contribution >= 0.6 is 23.8 Å².